The van der Waals surface area contributed by atoms with Gasteiger partial charge in [-0.25, -0.2) is 5.43 Å². The van der Waals surface area contributed by atoms with Crippen molar-refractivity contribution in [1.29, 1.82) is 0 Å². The lowest BCUT2D eigenvalue weighted by Crippen LogP contribution is -2.18. The highest BCUT2D eigenvalue weighted by atomic mass is 79.9. The average Bonchev–Trinajstić information content (AvgIpc) is 2.69. The average molecular weight is 410 g/mol. The standard InChI is InChI=1S/C20H16BrN3O2/c21-17-9-10-19(26-14-15-6-2-1-3-7-15)16(12-17)13-23-24-20(25)18-8-4-5-11-22-18/h1-13H,14H2,(H,24,25)/b23-13-. The Hall–Kier alpha value is -2.99. The second kappa shape index (κ2) is 8.92. The number of amides is 1. The first kappa shape index (κ1) is 17.8. The molecule has 6 heteroatoms. The number of nitrogens with one attached hydrogen (secondary N) is 1. The molecule has 1 heterocycles. The van der Waals surface area contributed by atoms with Crippen LogP contribution in [0.5, 0.6) is 5.75 Å². The summed E-state index contributed by atoms with van der Waals surface area (Å²) in [6, 6.07) is 20.6. The number of nitrogens with zero attached hydrogens (tertiary/aromatic N) is 2. The van der Waals surface area contributed by atoms with E-state index in [0.717, 1.165) is 15.6 Å². The molecule has 1 amide bonds. The maximum absolute atomic E-state index is 12.0. The molecule has 1 aromatic heterocycles. The smallest absolute Gasteiger partial charge is 0.289 e. The van der Waals surface area contributed by atoms with Crippen LogP contribution < -0.4 is 10.2 Å². The molecule has 2 aromatic carbocycles. The normalized spacial score (nSPS) is 10.7. The lowest BCUT2D eigenvalue weighted by atomic mass is 10.2. The molecule has 0 aliphatic rings. The fourth-order valence-electron chi connectivity index (χ4n) is 2.20. The maximum atomic E-state index is 12.0. The molecule has 0 radical (unpaired) electrons. The van der Waals surface area contributed by atoms with Crippen LogP contribution in [0.2, 0.25) is 0 Å². The molecule has 0 saturated carbocycles. The van der Waals surface area contributed by atoms with Gasteiger partial charge in [-0.3, -0.25) is 9.78 Å². The minimum Gasteiger partial charge on any atom is -0.488 e. The molecule has 3 aromatic rings. The van der Waals surface area contributed by atoms with E-state index >= 15 is 0 Å². The monoisotopic (exact) mass is 409 g/mol. The number of pyridine rings is 1. The Balaban J connectivity index is 1.68. The number of carbonyl (C=O) groups is 1. The Morgan fingerprint density at radius 2 is 1.92 bits per heavy atom. The fraction of sp³-hybridized carbons (Fsp3) is 0.0500. The molecule has 130 valence electrons. The highest BCUT2D eigenvalue weighted by Gasteiger charge is 2.06. The summed E-state index contributed by atoms with van der Waals surface area (Å²) >= 11 is 3.44. The van der Waals surface area contributed by atoms with Gasteiger partial charge in [0, 0.05) is 16.2 Å². The van der Waals surface area contributed by atoms with E-state index in [-0.39, 0.29) is 5.91 Å². The first-order valence-corrected chi connectivity index (χ1v) is 8.72. The van der Waals surface area contributed by atoms with E-state index in [2.05, 4.69) is 31.4 Å². The molecular formula is C20H16BrN3O2. The molecular weight excluding hydrogens is 394 g/mol. The zero-order chi connectivity index (χ0) is 18.2. The summed E-state index contributed by atoms with van der Waals surface area (Å²) in [6.45, 7) is 0.448. The van der Waals surface area contributed by atoms with Gasteiger partial charge in [-0.2, -0.15) is 5.10 Å². The van der Waals surface area contributed by atoms with Crippen molar-refractivity contribution in [2.75, 3.05) is 0 Å². The van der Waals surface area contributed by atoms with Crippen molar-refractivity contribution < 1.29 is 9.53 Å². The first-order chi connectivity index (χ1) is 12.7. The fourth-order valence-corrected chi connectivity index (χ4v) is 2.58. The van der Waals surface area contributed by atoms with E-state index < -0.39 is 0 Å². The number of aromatic nitrogens is 1. The Kier molecular flexibility index (Phi) is 6.11. The number of ether oxygens (including phenoxy) is 1. The second-order valence-corrected chi connectivity index (χ2v) is 6.29. The van der Waals surface area contributed by atoms with Gasteiger partial charge >= 0.3 is 0 Å². The number of halogens is 1. The summed E-state index contributed by atoms with van der Waals surface area (Å²) in [5.74, 6) is 0.302. The van der Waals surface area contributed by atoms with Crippen molar-refractivity contribution in [3.63, 3.8) is 0 Å². The summed E-state index contributed by atoms with van der Waals surface area (Å²) in [7, 11) is 0. The zero-order valence-corrected chi connectivity index (χ0v) is 15.4. The number of rotatable bonds is 6. The molecule has 5 nitrogen and oxygen atoms in total. The molecule has 0 aliphatic heterocycles. The maximum Gasteiger partial charge on any atom is 0.289 e. The largest absolute Gasteiger partial charge is 0.488 e. The van der Waals surface area contributed by atoms with Gasteiger partial charge in [0.15, 0.2) is 0 Å². The van der Waals surface area contributed by atoms with Crippen LogP contribution in [0, 0.1) is 0 Å². The summed E-state index contributed by atoms with van der Waals surface area (Å²) in [5, 5.41) is 4.01. The van der Waals surface area contributed by atoms with Gasteiger partial charge in [0.05, 0.1) is 6.21 Å². The predicted molar refractivity (Wildman–Crippen MR) is 104 cm³/mol. The van der Waals surface area contributed by atoms with Crippen molar-refractivity contribution in [3.8, 4) is 5.75 Å². The van der Waals surface area contributed by atoms with Crippen molar-refractivity contribution in [2.45, 2.75) is 6.61 Å². The third-order valence-corrected chi connectivity index (χ3v) is 3.97. The quantitative estimate of drug-likeness (QED) is 0.490. The number of hydrazone groups is 1. The highest BCUT2D eigenvalue weighted by Crippen LogP contribution is 2.22. The summed E-state index contributed by atoms with van der Waals surface area (Å²) in [5.41, 5.74) is 4.59. The Bertz CT molecular complexity index is 899. The second-order valence-electron chi connectivity index (χ2n) is 5.37. The zero-order valence-electron chi connectivity index (χ0n) is 13.8. The lowest BCUT2D eigenvalue weighted by Gasteiger charge is -2.09. The molecule has 0 bridgehead atoms. The molecule has 1 N–H and O–H groups in total. The molecule has 0 unspecified atom stereocenters. The van der Waals surface area contributed by atoms with Crippen LogP contribution in [-0.4, -0.2) is 17.1 Å². The van der Waals surface area contributed by atoms with Crippen LogP contribution in [0.1, 0.15) is 21.6 Å². The highest BCUT2D eigenvalue weighted by molar-refractivity contribution is 9.10. The van der Waals surface area contributed by atoms with E-state index in [0.29, 0.717) is 18.1 Å². The van der Waals surface area contributed by atoms with Crippen LogP contribution >= 0.6 is 15.9 Å². The van der Waals surface area contributed by atoms with Gasteiger partial charge in [0.2, 0.25) is 0 Å². The Morgan fingerprint density at radius 3 is 2.69 bits per heavy atom. The molecule has 0 fully saturated rings. The van der Waals surface area contributed by atoms with E-state index in [1.807, 2.05) is 48.5 Å². The van der Waals surface area contributed by atoms with E-state index in [1.165, 1.54) is 0 Å². The minimum absolute atomic E-state index is 0.305. The number of hydrogen-bond donors (Lipinski definition) is 1. The van der Waals surface area contributed by atoms with Crippen LogP contribution in [0.3, 0.4) is 0 Å². The third-order valence-electron chi connectivity index (χ3n) is 3.48. The topological polar surface area (TPSA) is 63.6 Å². The SMILES string of the molecule is O=C(N/N=C\c1cc(Br)ccc1OCc1ccccc1)c1ccccn1. The Morgan fingerprint density at radius 1 is 1.12 bits per heavy atom. The van der Waals surface area contributed by atoms with Gasteiger partial charge in [-0.15, -0.1) is 0 Å². The van der Waals surface area contributed by atoms with E-state index in [1.54, 1.807) is 30.6 Å². The summed E-state index contributed by atoms with van der Waals surface area (Å²) in [6.07, 6.45) is 3.11. The van der Waals surface area contributed by atoms with Crippen molar-refractivity contribution in [1.82, 2.24) is 10.4 Å². The van der Waals surface area contributed by atoms with E-state index in [4.69, 9.17) is 4.74 Å². The van der Waals surface area contributed by atoms with Crippen LogP contribution in [-0.2, 0) is 6.61 Å². The summed E-state index contributed by atoms with van der Waals surface area (Å²) < 4.78 is 6.77. The number of benzene rings is 2. The first-order valence-electron chi connectivity index (χ1n) is 7.93. The summed E-state index contributed by atoms with van der Waals surface area (Å²) in [4.78, 5) is 16.0. The van der Waals surface area contributed by atoms with Crippen molar-refractivity contribution in [3.05, 3.63) is 94.2 Å². The van der Waals surface area contributed by atoms with Gasteiger partial charge < -0.3 is 4.74 Å². The molecule has 26 heavy (non-hydrogen) atoms. The molecule has 0 atom stereocenters. The predicted octanol–water partition coefficient (Wildman–Crippen LogP) is 4.19. The lowest BCUT2D eigenvalue weighted by molar-refractivity contribution is 0.0950. The van der Waals surface area contributed by atoms with Gasteiger partial charge in [0.25, 0.3) is 5.91 Å². The Labute approximate surface area is 159 Å². The molecule has 0 aliphatic carbocycles. The van der Waals surface area contributed by atoms with Gasteiger partial charge in [0.1, 0.15) is 18.1 Å². The van der Waals surface area contributed by atoms with Crippen molar-refractivity contribution in [2.24, 2.45) is 5.10 Å². The minimum atomic E-state index is -0.372. The van der Waals surface area contributed by atoms with Crippen LogP contribution in [0.25, 0.3) is 0 Å². The molecule has 0 spiro atoms. The van der Waals surface area contributed by atoms with Crippen molar-refractivity contribution >= 4 is 28.1 Å². The van der Waals surface area contributed by atoms with E-state index in [9.17, 15) is 4.79 Å². The van der Waals surface area contributed by atoms with Gasteiger partial charge in [-0.1, -0.05) is 52.3 Å². The number of hydrogen-bond acceptors (Lipinski definition) is 4. The molecule has 0 saturated heterocycles. The van der Waals surface area contributed by atoms with Gasteiger partial charge in [-0.05, 0) is 35.9 Å². The third kappa shape index (κ3) is 5.00. The molecule has 3 rings (SSSR count). The van der Waals surface area contributed by atoms with Crippen LogP contribution in [0.15, 0.2) is 82.5 Å². The number of carbonyl (C=O) groups excluding carboxylic acids is 1. The van der Waals surface area contributed by atoms with Crippen LogP contribution in [0.4, 0.5) is 0 Å².